The molecule has 0 aliphatic heterocycles. The van der Waals surface area contributed by atoms with Gasteiger partial charge in [0, 0.05) is 12.8 Å². The Morgan fingerprint density at radius 2 is 0.557 bits per heavy atom. The van der Waals surface area contributed by atoms with Gasteiger partial charge in [-0.2, -0.15) is 0 Å². The molecular weight excluding hydrogens is 1200 g/mol. The Morgan fingerprint density at radius 3 is 0.825 bits per heavy atom. The SMILES string of the molecule is CC/C=C\C/C=C\C/C=C\C/C=C\C/C=C\C/C=C\C/C=C\CCCCCCCCCCCCCCCCCCCCCC(=O)OC(COC(=O)CCCCCCCCCCCCCC/C=C\C/C=C\C/C=C\C/C=C\C/C=C\C/C=C\CC)COC(OCC[N+](C)(C)C)C(=O)[O-]. The lowest BCUT2D eigenvalue weighted by molar-refractivity contribution is -0.870. The molecule has 0 aromatic carbocycles. The van der Waals surface area contributed by atoms with E-state index in [1.807, 2.05) is 21.1 Å². The lowest BCUT2D eigenvalue weighted by Crippen LogP contribution is -2.44. The van der Waals surface area contributed by atoms with E-state index < -0.39 is 24.3 Å². The molecular formula is C88H147NO8. The number of carboxylic acids is 1. The average Bonchev–Trinajstić information content (AvgIpc) is 3.27. The van der Waals surface area contributed by atoms with Crippen LogP contribution >= 0.6 is 0 Å². The number of aliphatic carboxylic acids is 1. The molecule has 0 fully saturated rings. The number of allylic oxidation sites excluding steroid dienone is 26. The minimum atomic E-state index is -1.63. The molecule has 0 spiro atoms. The van der Waals surface area contributed by atoms with Gasteiger partial charge >= 0.3 is 11.9 Å². The molecule has 2 unspecified atom stereocenters. The van der Waals surface area contributed by atoms with Crippen LogP contribution in [0.3, 0.4) is 0 Å². The number of carbonyl (C=O) groups is 3. The van der Waals surface area contributed by atoms with Gasteiger partial charge in [-0.05, 0) is 122 Å². The molecule has 0 N–H and O–H groups in total. The van der Waals surface area contributed by atoms with Crippen LogP contribution in [-0.4, -0.2) is 82.3 Å². The van der Waals surface area contributed by atoms with Crippen LogP contribution in [-0.2, 0) is 33.3 Å². The Balaban J connectivity index is 4.05. The molecule has 97 heavy (non-hydrogen) atoms. The number of likely N-dealkylation sites (N-methyl/N-ethyl adjacent to an activating group) is 1. The van der Waals surface area contributed by atoms with Gasteiger partial charge in [-0.1, -0.05) is 345 Å². The summed E-state index contributed by atoms with van der Waals surface area (Å²) in [5.74, 6) is -2.28. The van der Waals surface area contributed by atoms with Crippen molar-refractivity contribution in [1.82, 2.24) is 0 Å². The van der Waals surface area contributed by atoms with Gasteiger partial charge in [-0.15, -0.1) is 0 Å². The van der Waals surface area contributed by atoms with Crippen molar-refractivity contribution in [3.05, 3.63) is 158 Å². The average molecular weight is 1350 g/mol. The predicted molar refractivity (Wildman–Crippen MR) is 416 cm³/mol. The van der Waals surface area contributed by atoms with Crippen molar-refractivity contribution in [2.45, 2.75) is 334 Å². The molecule has 2 atom stereocenters. The summed E-state index contributed by atoms with van der Waals surface area (Å²) in [5, 5.41) is 11.9. The Bertz CT molecular complexity index is 2160. The van der Waals surface area contributed by atoms with Gasteiger partial charge in [0.15, 0.2) is 12.4 Å². The lowest BCUT2D eigenvalue weighted by Gasteiger charge is -2.26. The van der Waals surface area contributed by atoms with Crippen molar-refractivity contribution in [1.29, 1.82) is 0 Å². The minimum absolute atomic E-state index is 0.143. The molecule has 0 radical (unpaired) electrons. The van der Waals surface area contributed by atoms with Gasteiger partial charge in [0.1, 0.15) is 13.2 Å². The Morgan fingerprint density at radius 1 is 0.309 bits per heavy atom. The molecule has 0 aliphatic rings. The minimum Gasteiger partial charge on any atom is -0.545 e. The molecule has 9 heteroatoms. The third-order valence-electron chi connectivity index (χ3n) is 16.8. The second kappa shape index (κ2) is 76.7. The maximum atomic E-state index is 13.0. The molecule has 0 rings (SSSR count). The first-order valence-electron chi connectivity index (χ1n) is 39.6. The van der Waals surface area contributed by atoms with Crippen LogP contribution in [0.5, 0.6) is 0 Å². The summed E-state index contributed by atoms with van der Waals surface area (Å²) >= 11 is 0. The molecule has 0 heterocycles. The fourth-order valence-electron chi connectivity index (χ4n) is 10.8. The first kappa shape index (κ1) is 91.9. The Hall–Kier alpha value is -5.09. The summed E-state index contributed by atoms with van der Waals surface area (Å²) in [6, 6.07) is 0. The number of carbonyl (C=O) groups excluding carboxylic acids is 3. The zero-order valence-electron chi connectivity index (χ0n) is 63.1. The fourth-order valence-corrected chi connectivity index (χ4v) is 10.8. The first-order valence-corrected chi connectivity index (χ1v) is 39.6. The Kier molecular flexibility index (Phi) is 72.6. The van der Waals surface area contributed by atoms with Crippen LogP contribution in [0.4, 0.5) is 0 Å². The fraction of sp³-hybridized carbons (Fsp3) is 0.670. The van der Waals surface area contributed by atoms with Crippen molar-refractivity contribution in [3.63, 3.8) is 0 Å². The monoisotopic (exact) mass is 1350 g/mol. The molecule has 0 bridgehead atoms. The zero-order chi connectivity index (χ0) is 70.4. The van der Waals surface area contributed by atoms with E-state index in [0.29, 0.717) is 17.4 Å². The largest absolute Gasteiger partial charge is 0.545 e. The molecule has 0 aromatic heterocycles. The molecule has 0 aromatic rings. The second-order valence-corrected chi connectivity index (χ2v) is 27.2. The van der Waals surface area contributed by atoms with E-state index in [2.05, 4.69) is 172 Å². The van der Waals surface area contributed by atoms with Crippen LogP contribution < -0.4 is 5.11 Å². The number of nitrogens with zero attached hydrogens (tertiary/aromatic N) is 1. The van der Waals surface area contributed by atoms with Gasteiger partial charge in [-0.3, -0.25) is 9.59 Å². The lowest BCUT2D eigenvalue weighted by atomic mass is 10.0. The number of quaternary nitrogens is 1. The molecule has 0 saturated carbocycles. The van der Waals surface area contributed by atoms with E-state index in [9.17, 15) is 19.5 Å². The number of carboxylic acid groups (broad SMARTS) is 1. The highest BCUT2D eigenvalue weighted by Crippen LogP contribution is 2.18. The highest BCUT2D eigenvalue weighted by Gasteiger charge is 2.22. The van der Waals surface area contributed by atoms with Crippen LogP contribution in [0.15, 0.2) is 158 Å². The van der Waals surface area contributed by atoms with E-state index in [-0.39, 0.29) is 38.6 Å². The van der Waals surface area contributed by atoms with Gasteiger partial charge < -0.3 is 33.3 Å². The van der Waals surface area contributed by atoms with Crippen molar-refractivity contribution >= 4 is 17.9 Å². The third-order valence-corrected chi connectivity index (χ3v) is 16.8. The summed E-state index contributed by atoms with van der Waals surface area (Å²) in [6.07, 6.45) is 111. The summed E-state index contributed by atoms with van der Waals surface area (Å²) in [6.45, 7) is 4.54. The smallest absolute Gasteiger partial charge is 0.306 e. The number of ether oxygens (including phenoxy) is 4. The van der Waals surface area contributed by atoms with Crippen LogP contribution in [0.25, 0.3) is 0 Å². The number of esters is 2. The number of rotatable bonds is 72. The summed E-state index contributed by atoms with van der Waals surface area (Å²) < 4.78 is 22.9. The highest BCUT2D eigenvalue weighted by atomic mass is 16.7. The zero-order valence-corrected chi connectivity index (χ0v) is 63.1. The first-order chi connectivity index (χ1) is 47.6. The van der Waals surface area contributed by atoms with Crippen LogP contribution in [0.1, 0.15) is 322 Å². The third kappa shape index (κ3) is 78.1. The van der Waals surface area contributed by atoms with Crippen LogP contribution in [0.2, 0.25) is 0 Å². The van der Waals surface area contributed by atoms with E-state index in [1.165, 1.54) is 167 Å². The molecule has 552 valence electrons. The molecule has 9 nitrogen and oxygen atoms in total. The predicted octanol–water partition coefficient (Wildman–Crippen LogP) is 24.3. The van der Waals surface area contributed by atoms with Crippen LogP contribution in [0, 0.1) is 0 Å². The van der Waals surface area contributed by atoms with Gasteiger partial charge in [0.2, 0.25) is 0 Å². The molecule has 0 aliphatic carbocycles. The highest BCUT2D eigenvalue weighted by molar-refractivity contribution is 5.70. The van der Waals surface area contributed by atoms with E-state index >= 15 is 0 Å². The van der Waals surface area contributed by atoms with Gasteiger partial charge in [-0.25, -0.2) is 0 Å². The summed E-state index contributed by atoms with van der Waals surface area (Å²) in [7, 11) is 5.93. The number of hydrogen-bond donors (Lipinski definition) is 0. The van der Waals surface area contributed by atoms with Gasteiger partial charge in [0.05, 0.1) is 40.3 Å². The quantitative estimate of drug-likeness (QED) is 0.0195. The summed E-state index contributed by atoms with van der Waals surface area (Å²) in [5.41, 5.74) is 0. The van der Waals surface area contributed by atoms with Crippen molar-refractivity contribution < 1.29 is 42.9 Å². The maximum absolute atomic E-state index is 13.0. The topological polar surface area (TPSA) is 111 Å². The normalized spacial score (nSPS) is 13.5. The maximum Gasteiger partial charge on any atom is 0.306 e. The number of unbranched alkanes of at least 4 members (excludes halogenated alkanes) is 31. The Labute approximate surface area is 597 Å². The van der Waals surface area contributed by atoms with E-state index in [4.69, 9.17) is 18.9 Å². The van der Waals surface area contributed by atoms with Crippen molar-refractivity contribution in [2.75, 3.05) is 47.5 Å². The van der Waals surface area contributed by atoms with Crippen molar-refractivity contribution in [3.8, 4) is 0 Å². The van der Waals surface area contributed by atoms with E-state index in [0.717, 1.165) is 122 Å². The number of hydrogen-bond acceptors (Lipinski definition) is 8. The van der Waals surface area contributed by atoms with Gasteiger partial charge in [0.25, 0.3) is 0 Å². The van der Waals surface area contributed by atoms with E-state index in [1.54, 1.807) is 0 Å². The molecule has 0 saturated heterocycles. The standard InChI is InChI=1S/C88H147NO8/c1-6-8-10-12-14-16-18-20-22-24-26-28-30-32-34-36-38-39-40-41-42-43-44-45-46-47-49-51-53-55-57-59-61-63-65-67-69-71-73-75-77-79-86(91)97-84(83-96-88(87(92)93)94-81-80-89(3,4)5)82-95-85(90)78-76-74-72-70-68-66-64-62-60-58-56-54-52-50-48-37-35-33-31-29-27-25-23-21-19-17-15-13-11-9-7-2/h8-11,14-17,20-23,26-29,32-35,38-39,41-42,48,50,84,88H,6-7,12-13,18-19,24-25,30-31,36-37,40,43-47,49,51-83H2,1-5H3/b10-8-,11-9-,16-14-,17-15-,22-20-,23-21-,28-26-,29-27-,34-32-,35-33-,39-38-,42-41-,50-48-. The summed E-state index contributed by atoms with van der Waals surface area (Å²) in [4.78, 5) is 37.6. The molecule has 0 amide bonds. The van der Waals surface area contributed by atoms with Crippen molar-refractivity contribution in [2.24, 2.45) is 0 Å². The second-order valence-electron chi connectivity index (χ2n) is 27.2.